The lowest BCUT2D eigenvalue weighted by Gasteiger charge is -2.31. The molecule has 0 saturated heterocycles. The van der Waals surface area contributed by atoms with Crippen molar-refractivity contribution in [3.8, 4) is 0 Å². The predicted octanol–water partition coefficient (Wildman–Crippen LogP) is 0.535. The number of rotatable bonds is 4. The van der Waals surface area contributed by atoms with Crippen LogP contribution in [0.3, 0.4) is 0 Å². The van der Waals surface area contributed by atoms with Crippen LogP contribution in [-0.2, 0) is 10.0 Å². The van der Waals surface area contributed by atoms with Gasteiger partial charge in [-0.1, -0.05) is 0 Å². The minimum atomic E-state index is -3.95. The normalized spacial score (nSPS) is 22.8. The topological polar surface area (TPSA) is 110 Å². The molecule has 1 aliphatic rings. The lowest BCUT2D eigenvalue weighted by Crippen LogP contribution is -2.46. The van der Waals surface area contributed by atoms with Crippen LogP contribution in [0.25, 0.3) is 0 Å². The fourth-order valence-corrected chi connectivity index (χ4v) is 3.05. The van der Waals surface area contributed by atoms with Crippen molar-refractivity contribution >= 4 is 15.7 Å². The highest BCUT2D eigenvalue weighted by Gasteiger charge is 2.32. The number of nitrogens with zero attached hydrogens (tertiary/aromatic N) is 1. The van der Waals surface area contributed by atoms with Gasteiger partial charge in [-0.15, -0.1) is 0 Å². The minimum Gasteiger partial charge on any atom is -0.393 e. The fourth-order valence-electron chi connectivity index (χ4n) is 1.77. The van der Waals surface area contributed by atoms with Crippen LogP contribution in [0.5, 0.6) is 0 Å². The first-order valence-corrected chi connectivity index (χ1v) is 6.92. The summed E-state index contributed by atoms with van der Waals surface area (Å²) in [5.74, 6) is -1.09. The molecule has 0 aliphatic heterocycles. The summed E-state index contributed by atoms with van der Waals surface area (Å²) in [6.45, 7) is 0. The van der Waals surface area contributed by atoms with Gasteiger partial charge >= 0.3 is 5.69 Å². The monoisotopic (exact) mass is 290 g/mol. The quantitative estimate of drug-likeness (QED) is 0.621. The van der Waals surface area contributed by atoms with Crippen molar-refractivity contribution in [3.05, 3.63) is 34.1 Å². The molecule has 1 aromatic carbocycles. The Kier molecular flexibility index (Phi) is 3.52. The van der Waals surface area contributed by atoms with Crippen LogP contribution >= 0.6 is 0 Å². The second kappa shape index (κ2) is 4.83. The van der Waals surface area contributed by atoms with Crippen molar-refractivity contribution in [2.75, 3.05) is 0 Å². The van der Waals surface area contributed by atoms with Crippen LogP contribution < -0.4 is 4.72 Å². The molecule has 0 radical (unpaired) electrons. The van der Waals surface area contributed by atoms with E-state index in [-0.39, 0.29) is 4.90 Å². The van der Waals surface area contributed by atoms with Crippen molar-refractivity contribution < 1.29 is 22.8 Å². The average molecular weight is 290 g/mol. The predicted molar refractivity (Wildman–Crippen MR) is 62.4 cm³/mol. The van der Waals surface area contributed by atoms with Gasteiger partial charge in [0.05, 0.1) is 15.9 Å². The Labute approximate surface area is 108 Å². The molecule has 7 nitrogen and oxygen atoms in total. The Bertz CT molecular complexity index is 612. The zero-order valence-electron chi connectivity index (χ0n) is 9.61. The molecule has 2 N–H and O–H groups in total. The lowest BCUT2D eigenvalue weighted by atomic mass is 9.91. The first kappa shape index (κ1) is 13.8. The summed E-state index contributed by atoms with van der Waals surface area (Å²) in [6, 6.07) is 1.97. The van der Waals surface area contributed by atoms with E-state index >= 15 is 0 Å². The first-order chi connectivity index (χ1) is 8.79. The minimum absolute atomic E-state index is 0.294. The van der Waals surface area contributed by atoms with Crippen LogP contribution in [0.15, 0.2) is 23.1 Å². The van der Waals surface area contributed by atoms with Crippen molar-refractivity contribution in [2.45, 2.75) is 29.9 Å². The van der Waals surface area contributed by atoms with Gasteiger partial charge in [0.2, 0.25) is 15.8 Å². The maximum atomic E-state index is 13.1. The third-order valence-electron chi connectivity index (χ3n) is 2.86. The molecule has 1 aromatic rings. The number of halogens is 1. The van der Waals surface area contributed by atoms with E-state index in [4.69, 9.17) is 5.11 Å². The SMILES string of the molecule is O=[N+]([O-])c1cc(S(=O)(=O)NC2CC(O)C2)ccc1F. The summed E-state index contributed by atoms with van der Waals surface area (Å²) in [5.41, 5.74) is -0.892. The van der Waals surface area contributed by atoms with Gasteiger partial charge in [-0.3, -0.25) is 10.1 Å². The van der Waals surface area contributed by atoms with Crippen LogP contribution in [0.1, 0.15) is 12.8 Å². The van der Waals surface area contributed by atoms with Crippen molar-refractivity contribution in [1.29, 1.82) is 0 Å². The molecule has 1 fully saturated rings. The van der Waals surface area contributed by atoms with Gasteiger partial charge < -0.3 is 5.11 Å². The molecule has 0 heterocycles. The highest BCUT2D eigenvalue weighted by Crippen LogP contribution is 2.24. The number of aliphatic hydroxyl groups excluding tert-OH is 1. The van der Waals surface area contributed by atoms with Gasteiger partial charge in [-0.05, 0) is 25.0 Å². The molecule has 9 heteroatoms. The van der Waals surface area contributed by atoms with E-state index < -0.39 is 38.6 Å². The van der Waals surface area contributed by atoms with Gasteiger partial charge in [0.1, 0.15) is 0 Å². The second-order valence-electron chi connectivity index (χ2n) is 4.31. The summed E-state index contributed by atoms with van der Waals surface area (Å²) in [4.78, 5) is 9.19. The highest BCUT2D eigenvalue weighted by molar-refractivity contribution is 7.89. The van der Waals surface area contributed by atoms with Crippen molar-refractivity contribution in [3.63, 3.8) is 0 Å². The Morgan fingerprint density at radius 2 is 2.05 bits per heavy atom. The molecule has 1 saturated carbocycles. The molecule has 0 atom stereocenters. The van der Waals surface area contributed by atoms with Crippen molar-refractivity contribution in [2.24, 2.45) is 0 Å². The molecule has 0 bridgehead atoms. The maximum Gasteiger partial charge on any atom is 0.306 e. The maximum absolute atomic E-state index is 13.1. The van der Waals surface area contributed by atoms with E-state index in [0.717, 1.165) is 12.1 Å². The van der Waals surface area contributed by atoms with E-state index in [0.29, 0.717) is 18.9 Å². The number of nitrogens with one attached hydrogen (secondary N) is 1. The van der Waals surface area contributed by atoms with Crippen LogP contribution in [0.4, 0.5) is 10.1 Å². The Balaban J connectivity index is 2.25. The number of hydrogen-bond acceptors (Lipinski definition) is 5. The molecule has 104 valence electrons. The molecule has 0 unspecified atom stereocenters. The van der Waals surface area contributed by atoms with Gasteiger partial charge in [-0.2, -0.15) is 4.39 Å². The highest BCUT2D eigenvalue weighted by atomic mass is 32.2. The molecule has 0 amide bonds. The lowest BCUT2D eigenvalue weighted by molar-refractivity contribution is -0.387. The average Bonchev–Trinajstić information content (AvgIpc) is 2.26. The third kappa shape index (κ3) is 2.88. The smallest absolute Gasteiger partial charge is 0.306 e. The van der Waals surface area contributed by atoms with Crippen LogP contribution in [0, 0.1) is 15.9 Å². The van der Waals surface area contributed by atoms with Crippen LogP contribution in [-0.4, -0.2) is 30.6 Å². The molecule has 1 aliphatic carbocycles. The third-order valence-corrected chi connectivity index (χ3v) is 4.38. The Morgan fingerprint density at radius 1 is 1.42 bits per heavy atom. The van der Waals surface area contributed by atoms with E-state index in [1.165, 1.54) is 0 Å². The number of hydrogen-bond donors (Lipinski definition) is 2. The van der Waals surface area contributed by atoms with Gasteiger partial charge in [0, 0.05) is 12.1 Å². The zero-order valence-corrected chi connectivity index (χ0v) is 10.4. The van der Waals surface area contributed by atoms with Gasteiger partial charge in [0.25, 0.3) is 0 Å². The number of nitro groups is 1. The first-order valence-electron chi connectivity index (χ1n) is 5.44. The molecular weight excluding hydrogens is 279 g/mol. The number of sulfonamides is 1. The number of nitro benzene ring substituents is 1. The van der Waals surface area contributed by atoms with E-state index in [9.17, 15) is 22.9 Å². The molecule has 0 aromatic heterocycles. The number of benzene rings is 1. The van der Waals surface area contributed by atoms with E-state index in [2.05, 4.69) is 4.72 Å². The molecule has 0 spiro atoms. The van der Waals surface area contributed by atoms with Gasteiger partial charge in [0.15, 0.2) is 0 Å². The number of aliphatic hydroxyl groups is 1. The summed E-state index contributed by atoms with van der Waals surface area (Å²) >= 11 is 0. The molecule has 2 rings (SSSR count). The van der Waals surface area contributed by atoms with E-state index in [1.54, 1.807) is 0 Å². The second-order valence-corrected chi connectivity index (χ2v) is 6.03. The molecule has 19 heavy (non-hydrogen) atoms. The van der Waals surface area contributed by atoms with Crippen molar-refractivity contribution in [1.82, 2.24) is 4.72 Å². The Hall–Kier alpha value is -1.58. The largest absolute Gasteiger partial charge is 0.393 e. The van der Waals surface area contributed by atoms with Crippen LogP contribution in [0.2, 0.25) is 0 Å². The Morgan fingerprint density at radius 3 is 2.58 bits per heavy atom. The summed E-state index contributed by atoms with van der Waals surface area (Å²) in [7, 11) is -3.95. The summed E-state index contributed by atoms with van der Waals surface area (Å²) in [5, 5.41) is 19.6. The molecular formula is C10H11FN2O5S. The zero-order chi connectivity index (χ0) is 14.2. The fraction of sp³-hybridized carbons (Fsp3) is 0.400. The standard InChI is InChI=1S/C10H11FN2O5S/c11-9-2-1-8(5-10(9)13(15)16)19(17,18)12-6-3-7(14)4-6/h1-2,5-7,12,14H,3-4H2. The summed E-state index contributed by atoms with van der Waals surface area (Å²) in [6.07, 6.45) is 0.0562. The van der Waals surface area contributed by atoms with Gasteiger partial charge in [-0.25, -0.2) is 13.1 Å². The summed E-state index contributed by atoms with van der Waals surface area (Å²) < 4.78 is 39.2. The van der Waals surface area contributed by atoms with E-state index in [1.807, 2.05) is 0 Å².